The van der Waals surface area contributed by atoms with Crippen LogP contribution in [0.2, 0.25) is 5.02 Å². The maximum atomic E-state index is 12.6. The minimum atomic E-state index is -1.05. The number of aryl methyl sites for hydroxylation is 1. The first kappa shape index (κ1) is 25.4. The van der Waals surface area contributed by atoms with Crippen molar-refractivity contribution >= 4 is 17.6 Å². The van der Waals surface area contributed by atoms with Crippen LogP contribution in [0.15, 0.2) is 48.5 Å². The Bertz CT molecular complexity index is 1240. The molecule has 0 bridgehead atoms. The predicted molar refractivity (Wildman–Crippen MR) is 142 cm³/mol. The molecule has 1 atom stereocenters. The topological polar surface area (TPSA) is 49.8 Å². The summed E-state index contributed by atoms with van der Waals surface area (Å²) in [5.41, 5.74) is 9.18. The van der Waals surface area contributed by atoms with Crippen molar-refractivity contribution in [3.8, 4) is 11.1 Å². The van der Waals surface area contributed by atoms with Gasteiger partial charge in [-0.3, -0.25) is 4.90 Å². The first-order valence-corrected chi connectivity index (χ1v) is 12.4. The number of aliphatic carboxylic acids is 1. The minimum absolute atomic E-state index is 0.604. The minimum Gasteiger partial charge on any atom is -0.479 e. The highest BCUT2D eigenvalue weighted by Crippen LogP contribution is 2.43. The zero-order valence-corrected chi connectivity index (χ0v) is 22.2. The van der Waals surface area contributed by atoms with Gasteiger partial charge in [0.25, 0.3) is 0 Å². The van der Waals surface area contributed by atoms with Crippen molar-refractivity contribution in [1.29, 1.82) is 0 Å². The monoisotopic (exact) mass is 491 g/mol. The smallest absolute Gasteiger partial charge is 0.337 e. The zero-order valence-electron chi connectivity index (χ0n) is 21.4. The molecule has 1 aliphatic heterocycles. The Kier molecular flexibility index (Phi) is 7.10. The van der Waals surface area contributed by atoms with Crippen LogP contribution in [0.5, 0.6) is 0 Å². The van der Waals surface area contributed by atoms with E-state index in [4.69, 9.17) is 16.3 Å². The van der Waals surface area contributed by atoms with E-state index in [0.717, 1.165) is 52.5 Å². The third-order valence-electron chi connectivity index (χ3n) is 6.70. The van der Waals surface area contributed by atoms with Crippen molar-refractivity contribution in [1.82, 2.24) is 4.90 Å². The molecule has 4 nitrogen and oxygen atoms in total. The van der Waals surface area contributed by atoms with Crippen LogP contribution in [0, 0.1) is 20.8 Å². The van der Waals surface area contributed by atoms with Gasteiger partial charge >= 0.3 is 5.97 Å². The van der Waals surface area contributed by atoms with Gasteiger partial charge in [-0.05, 0) is 92.6 Å². The van der Waals surface area contributed by atoms with E-state index in [1.54, 1.807) is 0 Å². The highest BCUT2D eigenvalue weighted by molar-refractivity contribution is 6.30. The Morgan fingerprint density at radius 3 is 2.09 bits per heavy atom. The van der Waals surface area contributed by atoms with Crippen LogP contribution in [-0.4, -0.2) is 21.6 Å². The summed E-state index contributed by atoms with van der Waals surface area (Å²) in [6, 6.07) is 16.3. The van der Waals surface area contributed by atoms with E-state index >= 15 is 0 Å². The second-order valence-electron chi connectivity index (χ2n) is 10.6. The molecule has 0 spiro atoms. The molecule has 5 heteroatoms. The van der Waals surface area contributed by atoms with Crippen LogP contribution < -0.4 is 0 Å². The first-order chi connectivity index (χ1) is 16.4. The molecular weight excluding hydrogens is 458 g/mol. The fourth-order valence-corrected chi connectivity index (χ4v) is 5.18. The van der Waals surface area contributed by atoms with Gasteiger partial charge in [-0.15, -0.1) is 0 Å². The van der Waals surface area contributed by atoms with Gasteiger partial charge < -0.3 is 9.84 Å². The summed E-state index contributed by atoms with van der Waals surface area (Å²) in [6.07, 6.45) is -1.05. The lowest BCUT2D eigenvalue weighted by Gasteiger charge is -2.30. The number of rotatable bonds is 6. The van der Waals surface area contributed by atoms with Crippen molar-refractivity contribution in [2.45, 2.75) is 72.9 Å². The summed E-state index contributed by atoms with van der Waals surface area (Å²) in [5.74, 6) is -0.966. The molecule has 0 amide bonds. The molecule has 0 aliphatic carbocycles. The number of fused-ring (bicyclic) bond motifs is 1. The van der Waals surface area contributed by atoms with Gasteiger partial charge in [-0.1, -0.05) is 53.6 Å². The van der Waals surface area contributed by atoms with E-state index in [-0.39, 0.29) is 0 Å². The molecule has 0 radical (unpaired) electrons. The van der Waals surface area contributed by atoms with E-state index < -0.39 is 17.7 Å². The molecule has 1 heterocycles. The van der Waals surface area contributed by atoms with Crippen molar-refractivity contribution in [2.75, 3.05) is 0 Å². The van der Waals surface area contributed by atoms with Gasteiger partial charge in [0.15, 0.2) is 6.10 Å². The third-order valence-corrected chi connectivity index (χ3v) is 6.95. The second kappa shape index (κ2) is 9.77. The largest absolute Gasteiger partial charge is 0.479 e. The second-order valence-corrected chi connectivity index (χ2v) is 11.0. The molecule has 1 aliphatic rings. The summed E-state index contributed by atoms with van der Waals surface area (Å²) < 4.78 is 6.17. The number of carboxylic acids is 1. The highest BCUT2D eigenvalue weighted by Gasteiger charge is 2.35. The van der Waals surface area contributed by atoms with Crippen LogP contribution in [0.25, 0.3) is 11.1 Å². The molecule has 0 aromatic heterocycles. The first-order valence-electron chi connectivity index (χ1n) is 12.0. The summed E-state index contributed by atoms with van der Waals surface area (Å²) in [5, 5.41) is 11.0. The third kappa shape index (κ3) is 5.45. The zero-order chi connectivity index (χ0) is 25.5. The molecule has 1 N–H and O–H groups in total. The van der Waals surface area contributed by atoms with Gasteiger partial charge in [0, 0.05) is 30.2 Å². The SMILES string of the molecule is Cc1ccc(-c2c(C)c3c(c(C)c2[C@H](OC(C)(C)C)C(=O)O)CN(Cc2ccc(Cl)cc2)C3)cc1. The van der Waals surface area contributed by atoms with Gasteiger partial charge in [0.2, 0.25) is 0 Å². The fraction of sp³-hybridized carbons (Fsp3) is 0.367. The number of carboxylic acid groups (broad SMARTS) is 1. The summed E-state index contributed by atoms with van der Waals surface area (Å²) >= 11 is 6.07. The summed E-state index contributed by atoms with van der Waals surface area (Å²) in [6.45, 7) is 14.3. The lowest BCUT2D eigenvalue weighted by Crippen LogP contribution is -2.28. The Balaban J connectivity index is 1.85. The van der Waals surface area contributed by atoms with Crippen LogP contribution in [0.4, 0.5) is 0 Å². The number of hydrogen-bond acceptors (Lipinski definition) is 3. The molecule has 184 valence electrons. The molecule has 0 saturated carbocycles. The van der Waals surface area contributed by atoms with Crippen LogP contribution in [0.1, 0.15) is 65.8 Å². The summed E-state index contributed by atoms with van der Waals surface area (Å²) in [7, 11) is 0. The van der Waals surface area contributed by atoms with Crippen LogP contribution in [-0.2, 0) is 29.2 Å². The normalized spacial score (nSPS) is 14.7. The quantitative estimate of drug-likeness (QED) is 0.390. The van der Waals surface area contributed by atoms with Crippen LogP contribution in [0.3, 0.4) is 0 Å². The van der Waals surface area contributed by atoms with E-state index in [2.05, 4.69) is 62.1 Å². The van der Waals surface area contributed by atoms with Gasteiger partial charge in [0.05, 0.1) is 5.60 Å². The lowest BCUT2D eigenvalue weighted by atomic mass is 9.83. The van der Waals surface area contributed by atoms with Crippen molar-refractivity contribution in [2.24, 2.45) is 0 Å². The Labute approximate surface area is 213 Å². The average molecular weight is 492 g/mol. The van der Waals surface area contributed by atoms with E-state index in [0.29, 0.717) is 0 Å². The number of nitrogens with zero attached hydrogens (tertiary/aromatic N) is 1. The number of hydrogen-bond donors (Lipinski definition) is 1. The molecule has 3 aromatic carbocycles. The number of benzene rings is 3. The predicted octanol–water partition coefficient (Wildman–Crippen LogP) is 7.39. The molecular formula is C30H34ClNO3. The molecule has 0 fully saturated rings. The molecule has 4 rings (SSSR count). The van der Waals surface area contributed by atoms with Crippen molar-refractivity contribution in [3.63, 3.8) is 0 Å². The van der Waals surface area contributed by atoms with Gasteiger partial charge in [0.1, 0.15) is 0 Å². The van der Waals surface area contributed by atoms with Gasteiger partial charge in [-0.2, -0.15) is 0 Å². The summed E-state index contributed by atoms with van der Waals surface area (Å²) in [4.78, 5) is 15.0. The average Bonchev–Trinajstić information content (AvgIpc) is 3.21. The van der Waals surface area contributed by atoms with Crippen molar-refractivity contribution < 1.29 is 14.6 Å². The lowest BCUT2D eigenvalue weighted by molar-refractivity contribution is -0.160. The van der Waals surface area contributed by atoms with Crippen molar-refractivity contribution in [3.05, 3.63) is 92.5 Å². The number of carbonyl (C=O) groups is 1. The maximum absolute atomic E-state index is 12.6. The molecule has 3 aromatic rings. The number of ether oxygens (including phenoxy) is 1. The molecule has 0 unspecified atom stereocenters. The Hall–Kier alpha value is -2.66. The van der Waals surface area contributed by atoms with E-state index in [1.165, 1.54) is 22.3 Å². The molecule has 0 saturated heterocycles. The number of halogens is 1. The van der Waals surface area contributed by atoms with Crippen LogP contribution >= 0.6 is 11.6 Å². The highest BCUT2D eigenvalue weighted by atomic mass is 35.5. The fourth-order valence-electron chi connectivity index (χ4n) is 5.05. The van der Waals surface area contributed by atoms with E-state index in [9.17, 15) is 9.90 Å². The Morgan fingerprint density at radius 1 is 0.971 bits per heavy atom. The Morgan fingerprint density at radius 2 is 1.54 bits per heavy atom. The van der Waals surface area contributed by atoms with E-state index in [1.807, 2.05) is 32.9 Å². The van der Waals surface area contributed by atoms with Gasteiger partial charge in [-0.25, -0.2) is 4.79 Å². The maximum Gasteiger partial charge on any atom is 0.337 e. The standard InChI is InChI=1S/C30H34ClNO3/c1-18-7-11-22(12-8-18)26-19(2)24-16-32(15-21-9-13-23(31)14-10-21)17-25(24)20(3)27(26)28(29(33)34)35-30(4,5)6/h7-14,28H,15-17H2,1-6H3,(H,33,34)/t28-/m0/s1. The molecule has 35 heavy (non-hydrogen) atoms.